The molecule has 1 aliphatic heterocycles. The molecule has 3 heteroatoms. The van der Waals surface area contributed by atoms with Crippen molar-refractivity contribution in [3.05, 3.63) is 35.0 Å². The van der Waals surface area contributed by atoms with E-state index in [1.165, 1.54) is 0 Å². The molecule has 1 N–H and O–H groups in total. The highest BCUT2D eigenvalue weighted by molar-refractivity contribution is 5.59. The molecule has 2 rings (SSSR count). The maximum Gasteiger partial charge on any atom is 0.0976 e. The summed E-state index contributed by atoms with van der Waals surface area (Å²) in [5, 5.41) is 21.2. The molecule has 1 unspecified atom stereocenters. The highest BCUT2D eigenvalue weighted by atomic mass is 16.5. The minimum atomic E-state index is -0.608. The molecule has 0 aromatic heterocycles. The van der Waals surface area contributed by atoms with Crippen molar-refractivity contribution in [3.63, 3.8) is 0 Å². The first-order valence-corrected chi connectivity index (χ1v) is 3.50. The van der Waals surface area contributed by atoms with Gasteiger partial charge in [-0.25, -0.2) is 0 Å². The number of benzene rings is 1. The molecule has 0 fully saturated rings. The Morgan fingerprint density at radius 1 is 1.45 bits per heavy atom. The highest BCUT2D eigenvalue weighted by Crippen LogP contribution is 2.32. The van der Waals surface area contributed by atoms with E-state index in [1.807, 2.05) is 6.07 Å². The molecule has 1 heterocycles. The molecular weight excluding hydrogens is 142 g/mol. The van der Waals surface area contributed by atoms with Gasteiger partial charge in [0.25, 0.3) is 0 Å². The molecule has 0 radical (unpaired) electrons. The number of anilines is 1. The number of aliphatic hydroxyl groups is 1. The van der Waals surface area contributed by atoms with Crippen LogP contribution in [0.4, 0.5) is 5.69 Å². The van der Waals surface area contributed by atoms with E-state index in [2.05, 4.69) is 0 Å². The Bertz CT molecular complexity index is 248. The lowest BCUT2D eigenvalue weighted by molar-refractivity contribution is 0.196. The maximum atomic E-state index is 11.0. The Balaban J connectivity index is 2.52. The van der Waals surface area contributed by atoms with Crippen LogP contribution in [0, 0.1) is 5.21 Å². The number of rotatable bonds is 0. The topological polar surface area (TPSA) is 46.5 Å². The van der Waals surface area contributed by atoms with Gasteiger partial charge in [-0.3, -0.25) is 0 Å². The maximum absolute atomic E-state index is 11.0. The molecule has 0 amide bonds. The molecule has 58 valence electrons. The van der Waals surface area contributed by atoms with Gasteiger partial charge in [0.2, 0.25) is 0 Å². The third-order valence-electron chi connectivity index (χ3n) is 1.90. The molecule has 0 saturated heterocycles. The van der Waals surface area contributed by atoms with Gasteiger partial charge in [-0.05, 0) is 6.07 Å². The third kappa shape index (κ3) is 0.895. The molecule has 3 nitrogen and oxygen atoms in total. The van der Waals surface area contributed by atoms with Gasteiger partial charge in [0.1, 0.15) is 0 Å². The van der Waals surface area contributed by atoms with Crippen LogP contribution in [0.2, 0.25) is 0 Å². The number of hydroxylamine groups is 1. The van der Waals surface area contributed by atoms with E-state index in [4.69, 9.17) is 0 Å². The van der Waals surface area contributed by atoms with Crippen LogP contribution in [0.3, 0.4) is 0 Å². The first-order valence-electron chi connectivity index (χ1n) is 3.50. The van der Waals surface area contributed by atoms with Crippen molar-refractivity contribution in [2.24, 2.45) is 0 Å². The molecule has 0 aliphatic carbocycles. The van der Waals surface area contributed by atoms with Crippen molar-refractivity contribution in [1.29, 1.82) is 0 Å². The first kappa shape index (κ1) is 6.64. The fourth-order valence-electron chi connectivity index (χ4n) is 1.35. The second-order valence-corrected chi connectivity index (χ2v) is 2.64. The predicted octanol–water partition coefficient (Wildman–Crippen LogP) is 1.04. The molecule has 1 aromatic rings. The minimum Gasteiger partial charge on any atom is -0.758 e. The highest BCUT2D eigenvalue weighted by Gasteiger charge is 2.20. The summed E-state index contributed by atoms with van der Waals surface area (Å²) < 4.78 is 0. The van der Waals surface area contributed by atoms with Gasteiger partial charge in [0.15, 0.2) is 0 Å². The lowest BCUT2D eigenvalue weighted by Crippen LogP contribution is -2.12. The smallest absolute Gasteiger partial charge is 0.0976 e. The number of aliphatic hydroxyl groups excluding tert-OH is 1. The number of para-hydroxylation sites is 1. The van der Waals surface area contributed by atoms with Crippen LogP contribution in [0.5, 0.6) is 0 Å². The Labute approximate surface area is 64.5 Å². The Morgan fingerprint density at radius 3 is 2.91 bits per heavy atom. The largest absolute Gasteiger partial charge is 0.758 e. The summed E-state index contributed by atoms with van der Waals surface area (Å²) in [4.78, 5) is 0. The van der Waals surface area contributed by atoms with E-state index < -0.39 is 6.10 Å². The fraction of sp³-hybridized carbons (Fsp3) is 0.250. The number of hydrogen-bond acceptors (Lipinski definition) is 3. The molecule has 0 bridgehead atoms. The van der Waals surface area contributed by atoms with E-state index in [-0.39, 0.29) is 6.54 Å². The number of β-amino-alcohol motifs (C(OH)–C–C–N with tert-alkyl or cyclic N) is 1. The summed E-state index contributed by atoms with van der Waals surface area (Å²) in [6.07, 6.45) is -0.608. The lowest BCUT2D eigenvalue weighted by atomic mass is 10.1. The zero-order chi connectivity index (χ0) is 7.84. The van der Waals surface area contributed by atoms with Crippen molar-refractivity contribution in [2.75, 3.05) is 11.6 Å². The quantitative estimate of drug-likeness (QED) is 0.601. The minimum absolute atomic E-state index is 0.166. The van der Waals surface area contributed by atoms with Gasteiger partial charge in [-0.2, -0.15) is 0 Å². The third-order valence-corrected chi connectivity index (χ3v) is 1.90. The standard InChI is InChI=1S/C8H8NO2/c10-8-5-9(11)7-4-2-1-3-6(7)8/h1-4,8,10H,5H2/q-1. The van der Waals surface area contributed by atoms with Crippen LogP contribution in [0.25, 0.3) is 0 Å². The summed E-state index contributed by atoms with van der Waals surface area (Å²) in [5.74, 6) is 0. The van der Waals surface area contributed by atoms with Gasteiger partial charge in [0, 0.05) is 17.8 Å². The predicted molar refractivity (Wildman–Crippen MR) is 42.1 cm³/mol. The van der Waals surface area contributed by atoms with E-state index >= 15 is 0 Å². The van der Waals surface area contributed by atoms with Crippen molar-refractivity contribution < 1.29 is 5.11 Å². The normalized spacial score (nSPS) is 22.0. The average Bonchev–Trinajstić information content (AvgIpc) is 2.30. The van der Waals surface area contributed by atoms with Crippen molar-refractivity contribution in [2.45, 2.75) is 6.10 Å². The zero-order valence-corrected chi connectivity index (χ0v) is 5.90. The van der Waals surface area contributed by atoms with Crippen molar-refractivity contribution in [1.82, 2.24) is 0 Å². The van der Waals surface area contributed by atoms with Gasteiger partial charge < -0.3 is 15.4 Å². The first-order chi connectivity index (χ1) is 5.29. The summed E-state index contributed by atoms with van der Waals surface area (Å²) in [6.45, 7) is 0.166. The van der Waals surface area contributed by atoms with Crippen LogP contribution in [-0.4, -0.2) is 11.7 Å². The number of fused-ring (bicyclic) bond motifs is 1. The Kier molecular flexibility index (Phi) is 1.34. The zero-order valence-electron chi connectivity index (χ0n) is 5.90. The van der Waals surface area contributed by atoms with Gasteiger partial charge in [0.05, 0.1) is 6.10 Å². The lowest BCUT2D eigenvalue weighted by Gasteiger charge is -2.24. The van der Waals surface area contributed by atoms with Crippen LogP contribution >= 0.6 is 0 Å². The SMILES string of the molecule is [O-]N1CC(O)c2ccccc21. The van der Waals surface area contributed by atoms with Crippen molar-refractivity contribution >= 4 is 5.69 Å². The summed E-state index contributed by atoms with van der Waals surface area (Å²) in [5.41, 5.74) is 1.34. The van der Waals surface area contributed by atoms with E-state index in [0.717, 1.165) is 10.6 Å². The summed E-state index contributed by atoms with van der Waals surface area (Å²) in [6, 6.07) is 7.11. The number of hydrogen-bond donors (Lipinski definition) is 1. The monoisotopic (exact) mass is 150 g/mol. The van der Waals surface area contributed by atoms with Gasteiger partial charge >= 0.3 is 0 Å². The Hall–Kier alpha value is -1.06. The molecule has 1 aliphatic rings. The molecule has 1 aromatic carbocycles. The van der Waals surface area contributed by atoms with Crippen LogP contribution < -0.4 is 5.06 Å². The molecule has 11 heavy (non-hydrogen) atoms. The Morgan fingerprint density at radius 2 is 2.18 bits per heavy atom. The summed E-state index contributed by atoms with van der Waals surface area (Å²) in [7, 11) is 0. The van der Waals surface area contributed by atoms with E-state index in [1.54, 1.807) is 18.2 Å². The number of nitrogens with zero attached hydrogens (tertiary/aromatic N) is 1. The van der Waals surface area contributed by atoms with Crippen molar-refractivity contribution in [3.8, 4) is 0 Å². The van der Waals surface area contributed by atoms with E-state index in [0.29, 0.717) is 5.69 Å². The van der Waals surface area contributed by atoms with Gasteiger partial charge in [-0.1, -0.05) is 18.2 Å². The van der Waals surface area contributed by atoms with Gasteiger partial charge in [-0.15, -0.1) is 0 Å². The second-order valence-electron chi connectivity index (χ2n) is 2.64. The average molecular weight is 150 g/mol. The summed E-state index contributed by atoms with van der Waals surface area (Å²) >= 11 is 0. The molecule has 0 saturated carbocycles. The molecular formula is C8H8NO2-. The van der Waals surface area contributed by atoms with Crippen LogP contribution in [0.1, 0.15) is 11.7 Å². The molecule has 1 atom stereocenters. The van der Waals surface area contributed by atoms with Crippen LogP contribution in [0.15, 0.2) is 24.3 Å². The molecule has 0 spiro atoms. The van der Waals surface area contributed by atoms with E-state index in [9.17, 15) is 10.3 Å². The van der Waals surface area contributed by atoms with Crippen LogP contribution in [-0.2, 0) is 0 Å². The second kappa shape index (κ2) is 2.22. The fourth-order valence-corrected chi connectivity index (χ4v) is 1.35.